The Balaban J connectivity index is 0.000000119. The number of unbranched alkanes of at least 4 members (excludes halogenated alkanes) is 2. The average molecular weight is 1430 g/mol. The van der Waals surface area contributed by atoms with Crippen molar-refractivity contribution in [1.29, 1.82) is 0 Å². The summed E-state index contributed by atoms with van der Waals surface area (Å²) in [7, 11) is -1.69. The molecule has 8 heterocycles. The van der Waals surface area contributed by atoms with Crippen LogP contribution in [-0.2, 0) is 99.2 Å². The van der Waals surface area contributed by atoms with Gasteiger partial charge in [0.15, 0.2) is 8.32 Å². The molecule has 558 valence electrons. The van der Waals surface area contributed by atoms with E-state index in [1.807, 2.05) is 0 Å². The van der Waals surface area contributed by atoms with Gasteiger partial charge in [0, 0.05) is 25.7 Å². The normalized spacial score (nSPS) is 40.5. The molecule has 16 fully saturated rings. The molecule has 26 unspecified atom stereocenters. The first kappa shape index (κ1) is 74.2. The Morgan fingerprint density at radius 2 is 0.657 bits per heavy atom. The van der Waals surface area contributed by atoms with Gasteiger partial charge >= 0.3 is 35.8 Å². The lowest BCUT2D eigenvalue weighted by Crippen LogP contribution is -2.33. The summed E-state index contributed by atoms with van der Waals surface area (Å²) in [6.07, 6.45) is 38.3. The molecule has 8 aliphatic heterocycles. The highest BCUT2D eigenvalue weighted by atomic mass is 28.4. The van der Waals surface area contributed by atoms with E-state index in [1.54, 1.807) is 0 Å². The fourth-order valence-corrected chi connectivity index (χ4v) is 23.1. The van der Waals surface area contributed by atoms with Crippen LogP contribution in [0.5, 0.6) is 0 Å². The maximum Gasteiger partial charge on any atom is 0.309 e. The summed E-state index contributed by atoms with van der Waals surface area (Å²) in [5, 5.41) is 0. The summed E-state index contributed by atoms with van der Waals surface area (Å²) < 4.78 is 82.8. The van der Waals surface area contributed by atoms with Gasteiger partial charge in [0.05, 0.1) is 136 Å². The molecule has 23 heteroatoms. The van der Waals surface area contributed by atoms with Crippen LogP contribution < -0.4 is 0 Å². The Kier molecular flexibility index (Phi) is 26.1. The summed E-state index contributed by atoms with van der Waals surface area (Å²) in [6.45, 7) is 11.6. The number of hydrogen-bond donors (Lipinski definition) is 0. The predicted molar refractivity (Wildman–Crippen MR) is 366 cm³/mol. The lowest BCUT2D eigenvalue weighted by Gasteiger charge is -2.27. The number of hydrogen-bond acceptors (Lipinski definition) is 21. The van der Waals surface area contributed by atoms with Crippen LogP contribution in [0.2, 0.25) is 25.2 Å². The lowest BCUT2D eigenvalue weighted by molar-refractivity contribution is -0.158. The van der Waals surface area contributed by atoms with E-state index in [-0.39, 0.29) is 82.8 Å². The molecule has 8 saturated heterocycles. The Morgan fingerprint density at radius 1 is 0.343 bits per heavy atom. The van der Waals surface area contributed by atoms with Crippen LogP contribution >= 0.6 is 0 Å². The highest BCUT2D eigenvalue weighted by Crippen LogP contribution is 2.47. The maximum absolute atomic E-state index is 12.0. The molecule has 0 aromatic carbocycles. The zero-order valence-electron chi connectivity index (χ0n) is 60.1. The topological polar surface area (TPSA) is 267 Å². The molecule has 21 nitrogen and oxygen atoms in total. The standard InChI is InChI=1S/C22H34O6.C20H30O6.C18H34O3Si2.C16H22O6/c1-13-7-17-19(27-17)9-15(13)11-25-21(23)5-3-4-6-22(24)26-12-16-10-20-18(28-20)8-14(16)2;21-19(23-11-13-5-7-15-17(9-13)25-15)3-1-2-4-20(22)24-12-14-6-8-16-18(10-14)26-16;1-23(2,10-8-14-4-6-16-18(12-14)20-16)21-22-9-7-13-3-5-15-17(11-13)19-15;17-15(9-1-3-11-13(7-9)21-11)19-5-6-20-16(18)10-2-4-12-14(8-10)22-12/h13-20H,3-12H2,1-2H3;13-18H,1-12H2;13-18H,3-12,22H2,1-2H3;9-14H,1-8H2. The van der Waals surface area contributed by atoms with Crippen LogP contribution in [0.1, 0.15) is 219 Å². The zero-order valence-corrected chi connectivity index (χ0v) is 62.5. The van der Waals surface area contributed by atoms with Gasteiger partial charge in [-0.05, 0) is 239 Å². The van der Waals surface area contributed by atoms with Gasteiger partial charge in [-0.25, -0.2) is 0 Å². The van der Waals surface area contributed by atoms with Crippen molar-refractivity contribution in [2.75, 3.05) is 39.6 Å². The first-order valence-corrected chi connectivity index (χ1v) is 44.5. The van der Waals surface area contributed by atoms with E-state index < -0.39 is 8.32 Å². The summed E-state index contributed by atoms with van der Waals surface area (Å²) in [5.41, 5.74) is 0. The summed E-state index contributed by atoms with van der Waals surface area (Å²) in [4.78, 5) is 71.4. The number of ether oxygens (including phenoxy) is 14. The van der Waals surface area contributed by atoms with Crippen LogP contribution in [0.3, 0.4) is 0 Å². The summed E-state index contributed by atoms with van der Waals surface area (Å²) >= 11 is 0. The van der Waals surface area contributed by atoms with Crippen molar-refractivity contribution in [2.45, 2.75) is 342 Å². The summed E-state index contributed by atoms with van der Waals surface area (Å²) in [5.74, 6) is 3.60. The van der Waals surface area contributed by atoms with E-state index in [2.05, 4.69) is 26.9 Å². The third-order valence-electron chi connectivity index (χ3n) is 25.3. The Morgan fingerprint density at radius 3 is 1.04 bits per heavy atom. The van der Waals surface area contributed by atoms with Gasteiger partial charge in [0.1, 0.15) is 23.0 Å². The van der Waals surface area contributed by atoms with Crippen molar-refractivity contribution in [2.24, 2.45) is 59.2 Å². The molecule has 8 aliphatic carbocycles. The maximum atomic E-state index is 12.0. The van der Waals surface area contributed by atoms with Crippen molar-refractivity contribution >= 4 is 53.9 Å². The van der Waals surface area contributed by atoms with E-state index in [0.29, 0.717) is 199 Å². The smallest absolute Gasteiger partial charge is 0.309 e. The molecule has 26 atom stereocenters. The van der Waals surface area contributed by atoms with E-state index in [0.717, 1.165) is 115 Å². The van der Waals surface area contributed by atoms with Crippen molar-refractivity contribution in [3.8, 4) is 0 Å². The number of carbonyl (C=O) groups excluding carboxylic acids is 6. The second kappa shape index (κ2) is 34.9. The van der Waals surface area contributed by atoms with Gasteiger partial charge in [-0.1, -0.05) is 26.7 Å². The molecule has 16 rings (SSSR count). The predicted octanol–water partition coefficient (Wildman–Crippen LogP) is 10.9. The Bertz CT molecular complexity index is 2550. The minimum absolute atomic E-state index is 0.0539. The quantitative estimate of drug-likeness (QED) is 0.0205. The lowest BCUT2D eigenvalue weighted by atomic mass is 9.81. The Labute approximate surface area is 591 Å². The third kappa shape index (κ3) is 23.7. The number of carbonyl (C=O) groups is 6. The number of esters is 6. The minimum Gasteiger partial charge on any atom is -0.465 e. The van der Waals surface area contributed by atoms with Crippen LogP contribution in [0.4, 0.5) is 0 Å². The molecule has 0 amide bonds. The third-order valence-corrected chi connectivity index (χ3v) is 31.4. The van der Waals surface area contributed by atoms with Crippen LogP contribution in [0.25, 0.3) is 0 Å². The summed E-state index contributed by atoms with van der Waals surface area (Å²) in [6, 6.07) is 2.75. The molecular formula is C76H120O21Si2. The molecule has 0 spiro atoms. The molecule has 0 N–H and O–H groups in total. The zero-order chi connectivity index (χ0) is 68.6. The molecule has 0 aromatic heterocycles. The highest BCUT2D eigenvalue weighted by Gasteiger charge is 2.52. The second-order valence-electron chi connectivity index (χ2n) is 33.6. The first-order valence-electron chi connectivity index (χ1n) is 39.8. The molecule has 0 radical (unpaired) electrons. The van der Waals surface area contributed by atoms with E-state index in [4.69, 9.17) is 70.4 Å². The van der Waals surface area contributed by atoms with Crippen LogP contribution in [0, 0.1) is 59.2 Å². The molecule has 16 aliphatic rings. The first-order chi connectivity index (χ1) is 48.0. The second-order valence-corrected chi connectivity index (χ2v) is 39.9. The van der Waals surface area contributed by atoms with Crippen LogP contribution in [0.15, 0.2) is 0 Å². The van der Waals surface area contributed by atoms with Crippen molar-refractivity contribution in [3.63, 3.8) is 0 Å². The fraction of sp³-hybridized carbons (Fsp3) is 0.921. The van der Waals surface area contributed by atoms with Crippen molar-refractivity contribution in [3.05, 3.63) is 0 Å². The van der Waals surface area contributed by atoms with E-state index >= 15 is 0 Å². The van der Waals surface area contributed by atoms with Crippen molar-refractivity contribution < 1.29 is 99.2 Å². The minimum atomic E-state index is -1.39. The monoisotopic (exact) mass is 1420 g/mol. The molecule has 0 bridgehead atoms. The van der Waals surface area contributed by atoms with Gasteiger partial charge in [-0.15, -0.1) is 0 Å². The van der Waals surface area contributed by atoms with Gasteiger partial charge in [-0.3, -0.25) is 28.8 Å². The average Bonchev–Trinajstić information content (AvgIpc) is 1.70. The fourth-order valence-electron chi connectivity index (χ4n) is 17.9. The molecule has 0 aromatic rings. The highest BCUT2D eigenvalue weighted by molar-refractivity contribution is 6.75. The number of fused-ring (bicyclic) bond motifs is 8. The van der Waals surface area contributed by atoms with Gasteiger partial charge in [0.25, 0.3) is 0 Å². The molecule has 99 heavy (non-hydrogen) atoms. The largest absolute Gasteiger partial charge is 0.465 e. The molecular weight excluding hydrogens is 1300 g/mol. The van der Waals surface area contributed by atoms with Gasteiger partial charge < -0.3 is 70.4 Å². The van der Waals surface area contributed by atoms with E-state index in [1.165, 1.54) is 63.5 Å². The number of epoxide rings is 8. The SMILES string of the molecule is CC1CC2OC2CC1COC(=O)CCCCC(=O)OCC1CC2OC2CC1C.C[Si](C)(CCC1CCC2OC2C1)O[SiH2]CCC1CCC2OC2C1.O=C(CCCCC(=O)OCC1CCC2OC2C1)OCC1CCC2OC2C1.O=C(OCCOC(=O)C1CCC2OC2C1)C1CCC2OC2C1. The van der Waals surface area contributed by atoms with Crippen LogP contribution in [-0.4, -0.2) is 191 Å². The van der Waals surface area contributed by atoms with Crippen molar-refractivity contribution in [1.82, 2.24) is 0 Å². The van der Waals surface area contributed by atoms with Gasteiger partial charge in [0.2, 0.25) is 0 Å². The molecule has 8 saturated carbocycles. The Hall–Kier alpha value is -3.11. The number of rotatable bonds is 31. The van der Waals surface area contributed by atoms with E-state index in [9.17, 15) is 28.8 Å². The van der Waals surface area contributed by atoms with Gasteiger partial charge in [-0.2, -0.15) is 0 Å².